The van der Waals surface area contributed by atoms with Crippen molar-refractivity contribution < 1.29 is 9.47 Å². The Morgan fingerprint density at radius 2 is 1.84 bits per heavy atom. The lowest BCUT2D eigenvalue weighted by Gasteiger charge is -2.17. The van der Waals surface area contributed by atoms with Crippen LogP contribution in [0.15, 0.2) is 60.8 Å². The average Bonchev–Trinajstić information content (AvgIpc) is 3.10. The molecule has 0 atom stereocenters. The first kappa shape index (κ1) is 17.0. The number of methoxy groups -OCH3 is 1. The highest BCUT2D eigenvalue weighted by Crippen LogP contribution is 2.25. The summed E-state index contributed by atoms with van der Waals surface area (Å²) in [5.41, 5.74) is 3.24. The number of aromatic nitrogens is 2. The second-order valence-corrected chi connectivity index (χ2v) is 5.90. The van der Waals surface area contributed by atoms with Crippen LogP contribution in [0.2, 0.25) is 0 Å². The third-order valence-electron chi connectivity index (χ3n) is 4.00. The molecule has 0 amide bonds. The molecule has 0 aliphatic heterocycles. The van der Waals surface area contributed by atoms with Crippen molar-refractivity contribution in [3.8, 4) is 22.8 Å². The Labute approximate surface area is 148 Å². The number of likely N-dealkylation sites (N-methyl/N-ethyl adjacent to an activating group) is 1. The number of hydrogen-bond acceptors (Lipinski definition) is 4. The van der Waals surface area contributed by atoms with Gasteiger partial charge in [0.15, 0.2) is 0 Å². The molecule has 1 heterocycles. The molecule has 0 unspecified atom stereocenters. The fraction of sp³-hybridized carbons (Fsp3) is 0.250. The van der Waals surface area contributed by atoms with Crippen LogP contribution in [0.1, 0.15) is 5.56 Å². The first-order valence-corrected chi connectivity index (χ1v) is 8.29. The number of ether oxygens (including phenoxy) is 2. The highest BCUT2D eigenvalue weighted by atomic mass is 16.5. The molecule has 0 saturated carbocycles. The maximum atomic E-state index is 5.76. The predicted molar refractivity (Wildman–Crippen MR) is 98.8 cm³/mol. The van der Waals surface area contributed by atoms with Gasteiger partial charge in [-0.3, -0.25) is 10.00 Å². The van der Waals surface area contributed by atoms with E-state index in [0.717, 1.165) is 41.4 Å². The molecule has 0 spiro atoms. The molecule has 5 heteroatoms. The van der Waals surface area contributed by atoms with Crippen molar-refractivity contribution in [2.24, 2.45) is 0 Å². The van der Waals surface area contributed by atoms with Crippen molar-refractivity contribution in [2.75, 3.05) is 27.3 Å². The Hall–Kier alpha value is -2.79. The first-order chi connectivity index (χ1) is 12.3. The van der Waals surface area contributed by atoms with Gasteiger partial charge in [0.25, 0.3) is 0 Å². The van der Waals surface area contributed by atoms with Crippen LogP contribution >= 0.6 is 0 Å². The second-order valence-electron chi connectivity index (χ2n) is 5.90. The summed E-state index contributed by atoms with van der Waals surface area (Å²) in [5.74, 6) is 1.74. The van der Waals surface area contributed by atoms with Crippen LogP contribution in [-0.2, 0) is 6.54 Å². The Balaban J connectivity index is 1.58. The summed E-state index contributed by atoms with van der Waals surface area (Å²) >= 11 is 0. The number of nitrogens with zero attached hydrogens (tertiary/aromatic N) is 2. The number of hydrogen-bond donors (Lipinski definition) is 1. The molecule has 3 rings (SSSR count). The number of aromatic amines is 1. The highest BCUT2D eigenvalue weighted by Gasteiger charge is 2.11. The van der Waals surface area contributed by atoms with Gasteiger partial charge in [0.1, 0.15) is 18.1 Å². The second kappa shape index (κ2) is 8.35. The van der Waals surface area contributed by atoms with Gasteiger partial charge in [-0.15, -0.1) is 0 Å². The summed E-state index contributed by atoms with van der Waals surface area (Å²) in [6.45, 7) is 2.27. The van der Waals surface area contributed by atoms with Crippen LogP contribution in [-0.4, -0.2) is 42.4 Å². The summed E-state index contributed by atoms with van der Waals surface area (Å²) in [4.78, 5) is 2.22. The summed E-state index contributed by atoms with van der Waals surface area (Å²) in [6, 6.07) is 17.9. The average molecular weight is 337 g/mol. The van der Waals surface area contributed by atoms with Gasteiger partial charge in [0.05, 0.1) is 19.0 Å². The van der Waals surface area contributed by atoms with Crippen LogP contribution in [0.25, 0.3) is 11.3 Å². The van der Waals surface area contributed by atoms with E-state index in [1.165, 1.54) is 0 Å². The van der Waals surface area contributed by atoms with E-state index in [9.17, 15) is 0 Å². The number of para-hydroxylation sites is 1. The van der Waals surface area contributed by atoms with E-state index in [-0.39, 0.29) is 0 Å². The van der Waals surface area contributed by atoms with E-state index in [0.29, 0.717) is 6.61 Å². The summed E-state index contributed by atoms with van der Waals surface area (Å²) in [6.07, 6.45) is 1.88. The van der Waals surface area contributed by atoms with Gasteiger partial charge in [-0.25, -0.2) is 0 Å². The topological polar surface area (TPSA) is 50.4 Å². The third-order valence-corrected chi connectivity index (χ3v) is 4.00. The van der Waals surface area contributed by atoms with Gasteiger partial charge in [-0.2, -0.15) is 5.10 Å². The van der Waals surface area contributed by atoms with Gasteiger partial charge in [-0.05, 0) is 31.3 Å². The van der Waals surface area contributed by atoms with E-state index in [4.69, 9.17) is 9.47 Å². The van der Waals surface area contributed by atoms with E-state index in [1.807, 2.05) is 54.7 Å². The smallest absolute Gasteiger partial charge is 0.119 e. The van der Waals surface area contributed by atoms with Crippen molar-refractivity contribution in [1.82, 2.24) is 15.1 Å². The molecule has 25 heavy (non-hydrogen) atoms. The summed E-state index contributed by atoms with van der Waals surface area (Å²) in [5, 5.41) is 7.31. The zero-order valence-corrected chi connectivity index (χ0v) is 14.6. The molecule has 1 N–H and O–H groups in total. The van der Waals surface area contributed by atoms with Crippen molar-refractivity contribution in [3.63, 3.8) is 0 Å². The maximum absolute atomic E-state index is 5.76. The number of H-pyrrole nitrogens is 1. The predicted octanol–water partition coefficient (Wildman–Crippen LogP) is 3.60. The van der Waals surface area contributed by atoms with E-state index in [2.05, 4.69) is 28.2 Å². The van der Waals surface area contributed by atoms with Gasteiger partial charge >= 0.3 is 0 Å². The minimum atomic E-state index is 0.646. The Kier molecular flexibility index (Phi) is 5.69. The number of rotatable bonds is 8. The molecule has 0 fully saturated rings. The fourth-order valence-corrected chi connectivity index (χ4v) is 2.67. The molecule has 0 bridgehead atoms. The molecule has 5 nitrogen and oxygen atoms in total. The lowest BCUT2D eigenvalue weighted by molar-refractivity contribution is 0.233. The minimum absolute atomic E-state index is 0.646. The largest absolute Gasteiger partial charge is 0.497 e. The van der Waals surface area contributed by atoms with Gasteiger partial charge < -0.3 is 9.47 Å². The fourth-order valence-electron chi connectivity index (χ4n) is 2.67. The molecule has 1 aromatic heterocycles. The Morgan fingerprint density at radius 1 is 1.04 bits per heavy atom. The molecule has 0 saturated heterocycles. The maximum Gasteiger partial charge on any atom is 0.119 e. The van der Waals surface area contributed by atoms with Gasteiger partial charge in [0.2, 0.25) is 0 Å². The molecule has 0 aliphatic carbocycles. The van der Waals surface area contributed by atoms with Crippen LogP contribution in [0.3, 0.4) is 0 Å². The summed E-state index contributed by atoms with van der Waals surface area (Å²) in [7, 11) is 3.75. The first-order valence-electron chi connectivity index (χ1n) is 8.29. The van der Waals surface area contributed by atoms with Crippen LogP contribution in [0.4, 0.5) is 0 Å². The number of nitrogens with one attached hydrogen (secondary N) is 1. The zero-order chi connectivity index (χ0) is 17.5. The van der Waals surface area contributed by atoms with E-state index >= 15 is 0 Å². The van der Waals surface area contributed by atoms with Gasteiger partial charge in [-0.1, -0.05) is 30.3 Å². The lowest BCUT2D eigenvalue weighted by atomic mass is 10.1. The quantitative estimate of drug-likeness (QED) is 0.682. The Bertz CT molecular complexity index is 786. The highest BCUT2D eigenvalue weighted by molar-refractivity contribution is 5.64. The summed E-state index contributed by atoms with van der Waals surface area (Å²) < 4.78 is 11.1. The van der Waals surface area contributed by atoms with Crippen LogP contribution in [0.5, 0.6) is 11.5 Å². The van der Waals surface area contributed by atoms with Crippen LogP contribution < -0.4 is 9.47 Å². The van der Waals surface area contributed by atoms with Gasteiger partial charge in [0, 0.05) is 24.2 Å². The third kappa shape index (κ3) is 4.61. The Morgan fingerprint density at radius 3 is 2.64 bits per heavy atom. The minimum Gasteiger partial charge on any atom is -0.497 e. The van der Waals surface area contributed by atoms with E-state index < -0.39 is 0 Å². The van der Waals surface area contributed by atoms with Crippen molar-refractivity contribution in [1.29, 1.82) is 0 Å². The zero-order valence-electron chi connectivity index (χ0n) is 14.6. The van der Waals surface area contributed by atoms with Crippen molar-refractivity contribution in [3.05, 3.63) is 66.4 Å². The molecular formula is C20H23N3O2. The molecule has 2 aromatic carbocycles. The monoisotopic (exact) mass is 337 g/mol. The van der Waals surface area contributed by atoms with Crippen molar-refractivity contribution >= 4 is 0 Å². The lowest BCUT2D eigenvalue weighted by Crippen LogP contribution is -2.24. The molecule has 0 aliphatic rings. The standard InChI is InChI=1S/C20H23N3O2/c1-23(11-12-25-18-8-4-3-5-9-18)15-17-14-21-22-20(17)16-7-6-10-19(13-16)24-2/h3-10,13-14H,11-12,15H2,1-2H3,(H,21,22). The van der Waals surface area contributed by atoms with Crippen molar-refractivity contribution in [2.45, 2.75) is 6.54 Å². The molecule has 3 aromatic rings. The SMILES string of the molecule is COc1cccc(-c2[nH]ncc2CN(C)CCOc2ccccc2)c1. The van der Waals surface area contributed by atoms with Crippen LogP contribution in [0, 0.1) is 0 Å². The number of benzene rings is 2. The van der Waals surface area contributed by atoms with E-state index in [1.54, 1.807) is 7.11 Å². The molecular weight excluding hydrogens is 314 g/mol. The molecule has 130 valence electrons. The normalized spacial score (nSPS) is 10.8. The molecule has 0 radical (unpaired) electrons.